The molecule has 1 aromatic rings. The number of ether oxygens (including phenoxy) is 1. The molecule has 2 amide bonds. The predicted octanol–water partition coefficient (Wildman–Crippen LogP) is -0.241. The number of rotatable bonds is 4. The SMILES string of the molecule is NC(=O)c1ccc(C(=O)NC2(C(=O)O)CCOC2)cc1. The second-order valence-electron chi connectivity index (χ2n) is 4.59. The summed E-state index contributed by atoms with van der Waals surface area (Å²) in [5.74, 6) is -2.26. The highest BCUT2D eigenvalue weighted by atomic mass is 16.5. The van der Waals surface area contributed by atoms with Crippen molar-refractivity contribution in [2.24, 2.45) is 5.73 Å². The summed E-state index contributed by atoms with van der Waals surface area (Å²) < 4.78 is 5.05. The maximum Gasteiger partial charge on any atom is 0.331 e. The average Bonchev–Trinajstić information content (AvgIpc) is 2.88. The molecule has 0 spiro atoms. The molecule has 1 aromatic carbocycles. The third-order valence-corrected chi connectivity index (χ3v) is 3.22. The minimum atomic E-state index is -1.39. The van der Waals surface area contributed by atoms with E-state index in [1.165, 1.54) is 24.3 Å². The van der Waals surface area contributed by atoms with E-state index < -0.39 is 23.3 Å². The Balaban J connectivity index is 2.15. The number of amides is 2. The van der Waals surface area contributed by atoms with E-state index in [2.05, 4.69) is 5.32 Å². The minimum Gasteiger partial charge on any atom is -0.479 e. The number of carboxylic acids is 1. The van der Waals surface area contributed by atoms with Gasteiger partial charge in [0.2, 0.25) is 5.91 Å². The molecule has 0 radical (unpaired) electrons. The van der Waals surface area contributed by atoms with Gasteiger partial charge >= 0.3 is 5.97 Å². The lowest BCUT2D eigenvalue weighted by atomic mass is 9.98. The van der Waals surface area contributed by atoms with Gasteiger partial charge in [-0.25, -0.2) is 4.79 Å². The van der Waals surface area contributed by atoms with E-state index >= 15 is 0 Å². The van der Waals surface area contributed by atoms with Gasteiger partial charge in [0, 0.05) is 24.2 Å². The van der Waals surface area contributed by atoms with Crippen LogP contribution in [0, 0.1) is 0 Å². The maximum absolute atomic E-state index is 12.0. The highest BCUT2D eigenvalue weighted by Gasteiger charge is 2.44. The normalized spacial score (nSPS) is 21.4. The lowest BCUT2D eigenvalue weighted by Crippen LogP contribution is -2.55. The highest BCUT2D eigenvalue weighted by molar-refractivity contribution is 5.99. The number of carbonyl (C=O) groups is 3. The molecule has 7 nitrogen and oxygen atoms in total. The van der Waals surface area contributed by atoms with Crippen LogP contribution >= 0.6 is 0 Å². The minimum absolute atomic E-state index is 0.0621. The highest BCUT2D eigenvalue weighted by Crippen LogP contribution is 2.19. The third kappa shape index (κ3) is 2.62. The second-order valence-corrected chi connectivity index (χ2v) is 4.59. The standard InChI is InChI=1S/C13H14N2O5/c14-10(16)8-1-3-9(4-2-8)11(17)15-13(12(18)19)5-6-20-7-13/h1-4H,5-7H2,(H2,14,16)(H,15,17)(H,18,19). The average molecular weight is 278 g/mol. The van der Waals surface area contributed by atoms with Gasteiger partial charge in [-0.15, -0.1) is 0 Å². The second kappa shape index (κ2) is 5.30. The summed E-state index contributed by atoms with van der Waals surface area (Å²) in [5.41, 5.74) is 4.24. The van der Waals surface area contributed by atoms with Crippen molar-refractivity contribution in [2.45, 2.75) is 12.0 Å². The quantitative estimate of drug-likeness (QED) is 0.702. The molecular formula is C13H14N2O5. The Morgan fingerprint density at radius 3 is 2.25 bits per heavy atom. The summed E-state index contributed by atoms with van der Waals surface area (Å²) in [5, 5.41) is 11.7. The zero-order valence-electron chi connectivity index (χ0n) is 10.6. The van der Waals surface area contributed by atoms with Crippen LogP contribution in [0.3, 0.4) is 0 Å². The van der Waals surface area contributed by atoms with Crippen LogP contribution in [0.5, 0.6) is 0 Å². The van der Waals surface area contributed by atoms with Gasteiger partial charge in [0.15, 0.2) is 5.54 Å². The Kier molecular flexibility index (Phi) is 3.71. The molecule has 1 saturated heterocycles. The molecule has 20 heavy (non-hydrogen) atoms. The molecule has 0 aliphatic carbocycles. The molecule has 1 aliphatic heterocycles. The third-order valence-electron chi connectivity index (χ3n) is 3.22. The van der Waals surface area contributed by atoms with Crippen LogP contribution < -0.4 is 11.1 Å². The Labute approximate surface area is 114 Å². The fraction of sp³-hybridized carbons (Fsp3) is 0.308. The van der Waals surface area contributed by atoms with Crippen LogP contribution in [0.1, 0.15) is 27.1 Å². The molecule has 1 aliphatic rings. The number of nitrogens with two attached hydrogens (primary N) is 1. The molecule has 1 atom stereocenters. The van der Waals surface area contributed by atoms with Gasteiger partial charge in [0.1, 0.15) is 0 Å². The fourth-order valence-electron chi connectivity index (χ4n) is 1.96. The summed E-state index contributed by atoms with van der Waals surface area (Å²) in [6.07, 6.45) is 0.216. The number of carbonyl (C=O) groups excluding carboxylic acids is 2. The van der Waals surface area contributed by atoms with E-state index in [4.69, 9.17) is 10.5 Å². The maximum atomic E-state index is 12.0. The van der Waals surface area contributed by atoms with Crippen molar-refractivity contribution >= 4 is 17.8 Å². The molecule has 2 rings (SSSR count). The predicted molar refractivity (Wildman–Crippen MR) is 68.2 cm³/mol. The van der Waals surface area contributed by atoms with Gasteiger partial charge < -0.3 is 20.9 Å². The largest absolute Gasteiger partial charge is 0.479 e. The van der Waals surface area contributed by atoms with Crippen LogP contribution in [0.4, 0.5) is 0 Å². The molecule has 0 bridgehead atoms. The zero-order valence-corrected chi connectivity index (χ0v) is 10.6. The monoisotopic (exact) mass is 278 g/mol. The molecule has 1 unspecified atom stereocenters. The molecule has 106 valence electrons. The summed E-state index contributed by atoms with van der Waals surface area (Å²) in [6.45, 7) is 0.223. The number of nitrogens with one attached hydrogen (secondary N) is 1. The van der Waals surface area contributed by atoms with Crippen molar-refractivity contribution in [2.75, 3.05) is 13.2 Å². The lowest BCUT2D eigenvalue weighted by molar-refractivity contribution is -0.144. The molecule has 4 N–H and O–H groups in total. The smallest absolute Gasteiger partial charge is 0.331 e. The van der Waals surface area contributed by atoms with Crippen molar-refractivity contribution in [3.05, 3.63) is 35.4 Å². The van der Waals surface area contributed by atoms with Crippen molar-refractivity contribution in [1.29, 1.82) is 0 Å². The first kappa shape index (κ1) is 14.0. The number of hydrogen-bond acceptors (Lipinski definition) is 4. The molecule has 0 aromatic heterocycles. The van der Waals surface area contributed by atoms with Crippen LogP contribution in [0.25, 0.3) is 0 Å². The number of benzene rings is 1. The first-order valence-electron chi connectivity index (χ1n) is 5.98. The number of hydrogen-bond donors (Lipinski definition) is 3. The van der Waals surface area contributed by atoms with Gasteiger partial charge in [-0.1, -0.05) is 0 Å². The van der Waals surface area contributed by atoms with E-state index in [1.807, 2.05) is 0 Å². The Hall–Kier alpha value is -2.41. The Morgan fingerprint density at radius 2 is 1.80 bits per heavy atom. The Bertz CT molecular complexity index is 546. The molecular weight excluding hydrogens is 264 g/mol. The summed E-state index contributed by atoms with van der Waals surface area (Å²) in [4.78, 5) is 34.3. The Morgan fingerprint density at radius 1 is 1.20 bits per heavy atom. The van der Waals surface area contributed by atoms with Crippen molar-refractivity contribution in [3.8, 4) is 0 Å². The number of carboxylic acid groups (broad SMARTS) is 1. The number of primary amides is 1. The van der Waals surface area contributed by atoms with E-state index in [1.54, 1.807) is 0 Å². The van der Waals surface area contributed by atoms with E-state index in [9.17, 15) is 19.5 Å². The summed E-state index contributed by atoms with van der Waals surface area (Å²) >= 11 is 0. The van der Waals surface area contributed by atoms with Gasteiger partial charge in [0.05, 0.1) is 6.61 Å². The van der Waals surface area contributed by atoms with Crippen LogP contribution in [0.2, 0.25) is 0 Å². The molecule has 1 heterocycles. The van der Waals surface area contributed by atoms with Gasteiger partial charge in [-0.05, 0) is 24.3 Å². The topological polar surface area (TPSA) is 119 Å². The van der Waals surface area contributed by atoms with Crippen LogP contribution in [-0.4, -0.2) is 41.6 Å². The number of aliphatic carboxylic acids is 1. The lowest BCUT2D eigenvalue weighted by Gasteiger charge is -2.23. The van der Waals surface area contributed by atoms with E-state index in [0.29, 0.717) is 0 Å². The zero-order chi connectivity index (χ0) is 14.8. The van der Waals surface area contributed by atoms with Gasteiger partial charge in [0.25, 0.3) is 5.91 Å². The first-order valence-corrected chi connectivity index (χ1v) is 5.98. The van der Waals surface area contributed by atoms with Gasteiger partial charge in [-0.3, -0.25) is 9.59 Å². The molecule has 1 fully saturated rings. The fourth-order valence-corrected chi connectivity index (χ4v) is 1.96. The molecule has 7 heteroatoms. The summed E-state index contributed by atoms with van der Waals surface area (Å²) in [7, 11) is 0. The van der Waals surface area contributed by atoms with E-state index in [-0.39, 0.29) is 30.8 Å². The van der Waals surface area contributed by atoms with Crippen LogP contribution in [-0.2, 0) is 9.53 Å². The van der Waals surface area contributed by atoms with E-state index in [0.717, 1.165) is 0 Å². The van der Waals surface area contributed by atoms with Crippen molar-refractivity contribution in [1.82, 2.24) is 5.32 Å². The van der Waals surface area contributed by atoms with Gasteiger partial charge in [-0.2, -0.15) is 0 Å². The van der Waals surface area contributed by atoms with Crippen LogP contribution in [0.15, 0.2) is 24.3 Å². The molecule has 0 saturated carbocycles. The first-order chi connectivity index (χ1) is 9.44. The van der Waals surface area contributed by atoms with Crippen molar-refractivity contribution < 1.29 is 24.2 Å². The van der Waals surface area contributed by atoms with Crippen molar-refractivity contribution in [3.63, 3.8) is 0 Å². The summed E-state index contributed by atoms with van der Waals surface area (Å²) in [6, 6.07) is 5.66.